The second kappa shape index (κ2) is 8.30. The second-order valence-corrected chi connectivity index (χ2v) is 9.41. The van der Waals surface area contributed by atoms with Crippen LogP contribution in [0.15, 0.2) is 47.4 Å². The van der Waals surface area contributed by atoms with Crippen LogP contribution < -0.4 is 4.31 Å². The minimum absolute atomic E-state index is 0.0434. The highest BCUT2D eigenvalue weighted by Gasteiger charge is 2.37. The van der Waals surface area contributed by atoms with Crippen molar-refractivity contribution in [3.05, 3.63) is 48.3 Å². The number of carbonyl (C=O) groups is 2. The van der Waals surface area contributed by atoms with Crippen molar-refractivity contribution in [3.8, 4) is 11.1 Å². The number of amides is 1. The van der Waals surface area contributed by atoms with E-state index in [9.17, 15) is 22.4 Å². The number of hydrogen-bond donors (Lipinski definition) is 0. The van der Waals surface area contributed by atoms with Crippen molar-refractivity contribution in [2.75, 3.05) is 30.5 Å². The highest BCUT2D eigenvalue weighted by Crippen LogP contribution is 2.43. The third-order valence-electron chi connectivity index (χ3n) is 5.72. The van der Waals surface area contributed by atoms with Crippen molar-refractivity contribution in [2.24, 2.45) is 5.92 Å². The molecule has 0 aromatic heterocycles. The maximum atomic E-state index is 13.9. The molecule has 0 atom stereocenters. The molecule has 1 amide bonds. The van der Waals surface area contributed by atoms with E-state index in [0.29, 0.717) is 43.7 Å². The first-order valence-corrected chi connectivity index (χ1v) is 11.6. The zero-order chi connectivity index (χ0) is 22.2. The average molecular weight is 447 g/mol. The molecule has 0 bridgehead atoms. The van der Waals surface area contributed by atoms with Crippen LogP contribution in [0.25, 0.3) is 11.1 Å². The number of benzene rings is 2. The number of nitrogens with zero attached hydrogens (tertiary/aromatic N) is 2. The summed E-state index contributed by atoms with van der Waals surface area (Å²) in [4.78, 5) is 26.5. The van der Waals surface area contributed by atoms with Gasteiger partial charge >= 0.3 is 5.97 Å². The quantitative estimate of drug-likeness (QED) is 0.675. The van der Waals surface area contributed by atoms with Gasteiger partial charge in [0.2, 0.25) is 5.91 Å². The van der Waals surface area contributed by atoms with Gasteiger partial charge in [-0.15, -0.1) is 0 Å². The van der Waals surface area contributed by atoms with E-state index in [1.807, 2.05) is 0 Å². The fourth-order valence-electron chi connectivity index (χ4n) is 4.12. The number of likely N-dealkylation sites (tertiary alicyclic amines) is 1. The SMILES string of the molecule is CCOC(=O)C1CCN(C(=O)CN2c3ccc(F)cc3-c3ccccc3S2(=O)=O)CC1. The molecule has 31 heavy (non-hydrogen) atoms. The van der Waals surface area contributed by atoms with E-state index in [0.717, 1.165) is 4.31 Å². The summed E-state index contributed by atoms with van der Waals surface area (Å²) in [6.07, 6.45) is 0.948. The third kappa shape index (κ3) is 3.89. The summed E-state index contributed by atoms with van der Waals surface area (Å²) in [5, 5.41) is 0. The predicted octanol–water partition coefficient (Wildman–Crippen LogP) is 2.80. The molecule has 2 aliphatic heterocycles. The summed E-state index contributed by atoms with van der Waals surface area (Å²) in [6.45, 7) is 2.37. The first-order valence-electron chi connectivity index (χ1n) is 10.2. The molecule has 7 nitrogen and oxygen atoms in total. The molecule has 9 heteroatoms. The first-order chi connectivity index (χ1) is 14.8. The minimum atomic E-state index is -3.99. The minimum Gasteiger partial charge on any atom is -0.466 e. The number of anilines is 1. The van der Waals surface area contributed by atoms with Gasteiger partial charge in [0.05, 0.1) is 23.1 Å². The van der Waals surface area contributed by atoms with E-state index in [1.165, 1.54) is 24.3 Å². The number of halogens is 1. The number of rotatable bonds is 4. The van der Waals surface area contributed by atoms with Gasteiger partial charge in [0.15, 0.2) is 0 Å². The molecular formula is C22H23FN2O5S. The topological polar surface area (TPSA) is 84.0 Å². The third-order valence-corrected chi connectivity index (χ3v) is 7.54. The lowest BCUT2D eigenvalue weighted by Gasteiger charge is -2.35. The Morgan fingerprint density at radius 1 is 1.10 bits per heavy atom. The fourth-order valence-corrected chi connectivity index (χ4v) is 5.76. The number of esters is 1. The van der Waals surface area contributed by atoms with Crippen molar-refractivity contribution in [2.45, 2.75) is 24.7 Å². The van der Waals surface area contributed by atoms with Crippen molar-refractivity contribution in [1.29, 1.82) is 0 Å². The van der Waals surface area contributed by atoms with E-state index in [2.05, 4.69) is 0 Å². The van der Waals surface area contributed by atoms with Crippen LogP contribution in [-0.4, -0.2) is 51.4 Å². The summed E-state index contributed by atoms with van der Waals surface area (Å²) >= 11 is 0. The Kier molecular flexibility index (Phi) is 5.70. The number of ether oxygens (including phenoxy) is 1. The Labute approximate surface area is 180 Å². The molecule has 164 valence electrons. The zero-order valence-corrected chi connectivity index (χ0v) is 17.9. The van der Waals surface area contributed by atoms with Crippen molar-refractivity contribution in [1.82, 2.24) is 4.90 Å². The van der Waals surface area contributed by atoms with Crippen LogP contribution in [0.2, 0.25) is 0 Å². The predicted molar refractivity (Wildman–Crippen MR) is 112 cm³/mol. The van der Waals surface area contributed by atoms with Gasteiger partial charge in [0.1, 0.15) is 12.4 Å². The molecule has 0 spiro atoms. The lowest BCUT2D eigenvalue weighted by atomic mass is 9.97. The van der Waals surface area contributed by atoms with E-state index in [1.54, 1.807) is 30.0 Å². The van der Waals surface area contributed by atoms with Crippen molar-refractivity contribution in [3.63, 3.8) is 0 Å². The van der Waals surface area contributed by atoms with Gasteiger partial charge in [-0.05, 0) is 44.0 Å². The maximum Gasteiger partial charge on any atom is 0.309 e. The van der Waals surface area contributed by atoms with Gasteiger partial charge in [-0.1, -0.05) is 18.2 Å². The second-order valence-electron chi connectivity index (χ2n) is 7.58. The Morgan fingerprint density at radius 3 is 2.52 bits per heavy atom. The van der Waals surface area contributed by atoms with Crippen LogP contribution in [0.5, 0.6) is 0 Å². The highest BCUT2D eigenvalue weighted by atomic mass is 32.2. The molecule has 0 aliphatic carbocycles. The molecule has 1 saturated heterocycles. The molecule has 2 heterocycles. The smallest absolute Gasteiger partial charge is 0.309 e. The molecule has 2 aromatic carbocycles. The number of fused-ring (bicyclic) bond motifs is 3. The molecule has 2 aliphatic rings. The zero-order valence-electron chi connectivity index (χ0n) is 17.1. The Bertz CT molecular complexity index is 1130. The van der Waals surface area contributed by atoms with Gasteiger partial charge in [-0.25, -0.2) is 12.8 Å². The fraction of sp³-hybridized carbons (Fsp3) is 0.364. The summed E-state index contributed by atoms with van der Waals surface area (Å²) in [7, 11) is -3.99. The first kappa shape index (κ1) is 21.3. The molecule has 0 unspecified atom stereocenters. The molecule has 1 fully saturated rings. The van der Waals surface area contributed by atoms with Crippen LogP contribution in [-0.2, 0) is 24.3 Å². The molecule has 2 aromatic rings. The van der Waals surface area contributed by atoms with Crippen LogP contribution in [0.1, 0.15) is 19.8 Å². The lowest BCUT2D eigenvalue weighted by molar-refractivity contribution is -0.151. The van der Waals surface area contributed by atoms with E-state index in [-0.39, 0.29) is 34.9 Å². The summed E-state index contributed by atoms with van der Waals surface area (Å²) in [5.41, 5.74) is 1.12. The molecular weight excluding hydrogens is 423 g/mol. The molecule has 4 rings (SSSR count). The lowest BCUT2D eigenvalue weighted by Crippen LogP contribution is -2.47. The van der Waals surface area contributed by atoms with Gasteiger partial charge in [-0.2, -0.15) is 0 Å². The van der Waals surface area contributed by atoms with Crippen molar-refractivity contribution >= 4 is 27.6 Å². The van der Waals surface area contributed by atoms with Gasteiger partial charge < -0.3 is 9.64 Å². The summed E-state index contributed by atoms with van der Waals surface area (Å²) in [6, 6.07) is 10.2. The molecule has 0 N–H and O–H groups in total. The monoisotopic (exact) mass is 446 g/mol. The Morgan fingerprint density at radius 2 is 1.81 bits per heavy atom. The van der Waals surface area contributed by atoms with Crippen LogP contribution >= 0.6 is 0 Å². The summed E-state index contributed by atoms with van der Waals surface area (Å²) < 4.78 is 46.6. The van der Waals surface area contributed by atoms with Crippen LogP contribution in [0, 0.1) is 11.7 Å². The van der Waals surface area contributed by atoms with Gasteiger partial charge in [0.25, 0.3) is 10.0 Å². The normalized spacial score (nSPS) is 17.6. The molecule has 0 radical (unpaired) electrons. The van der Waals surface area contributed by atoms with E-state index < -0.39 is 15.8 Å². The number of hydrogen-bond acceptors (Lipinski definition) is 5. The van der Waals surface area contributed by atoms with Gasteiger partial charge in [-0.3, -0.25) is 13.9 Å². The van der Waals surface area contributed by atoms with Crippen molar-refractivity contribution < 1.29 is 27.1 Å². The van der Waals surface area contributed by atoms with E-state index >= 15 is 0 Å². The Hall–Kier alpha value is -2.94. The van der Waals surface area contributed by atoms with Crippen LogP contribution in [0.4, 0.5) is 10.1 Å². The van der Waals surface area contributed by atoms with E-state index in [4.69, 9.17) is 4.74 Å². The highest BCUT2D eigenvalue weighted by molar-refractivity contribution is 7.93. The number of piperidine rings is 1. The van der Waals surface area contributed by atoms with Gasteiger partial charge in [0, 0.05) is 24.2 Å². The number of carbonyl (C=O) groups excluding carboxylic acids is 2. The number of sulfonamides is 1. The van der Waals surface area contributed by atoms with Crippen LogP contribution in [0.3, 0.4) is 0 Å². The largest absolute Gasteiger partial charge is 0.466 e. The Balaban J connectivity index is 1.58. The maximum absolute atomic E-state index is 13.9. The summed E-state index contributed by atoms with van der Waals surface area (Å²) in [5.74, 6) is -1.36. The molecule has 0 saturated carbocycles. The standard InChI is InChI=1S/C22H23FN2O5S/c1-2-30-22(27)15-9-11-24(12-10-15)21(26)14-25-19-8-7-16(23)13-18(19)17-5-3-4-6-20(17)31(25,28)29/h3-8,13,15H,2,9-12,14H2,1H3. The average Bonchev–Trinajstić information content (AvgIpc) is 2.77.